The molecular weight excluding hydrogens is 222 g/mol. The monoisotopic (exact) mass is 239 g/mol. The molecule has 1 amide bonds. The molecule has 0 spiro atoms. The van der Waals surface area contributed by atoms with Crippen molar-refractivity contribution in [2.45, 2.75) is 20.4 Å². The number of furan rings is 1. The van der Waals surface area contributed by atoms with Crippen molar-refractivity contribution in [3.05, 3.63) is 24.2 Å². The summed E-state index contributed by atoms with van der Waals surface area (Å²) in [5.41, 5.74) is 0. The van der Waals surface area contributed by atoms with Crippen molar-refractivity contribution in [2.75, 3.05) is 13.7 Å². The van der Waals surface area contributed by atoms with Crippen LogP contribution in [0.15, 0.2) is 22.8 Å². The molecule has 0 saturated heterocycles. The van der Waals surface area contributed by atoms with E-state index in [4.69, 9.17) is 4.42 Å². The molecule has 5 heteroatoms. The molecule has 17 heavy (non-hydrogen) atoms. The van der Waals surface area contributed by atoms with Crippen molar-refractivity contribution in [2.24, 2.45) is 5.92 Å². The first-order valence-electron chi connectivity index (χ1n) is 5.40. The molecule has 1 aromatic heterocycles. The van der Waals surface area contributed by atoms with Gasteiger partial charge in [-0.3, -0.25) is 9.59 Å². The van der Waals surface area contributed by atoms with Crippen LogP contribution in [0.5, 0.6) is 0 Å². The predicted octanol–water partition coefficient (Wildman–Crippen LogP) is 1.44. The van der Waals surface area contributed by atoms with E-state index in [1.54, 1.807) is 30.2 Å². The third-order valence-corrected chi connectivity index (χ3v) is 2.47. The summed E-state index contributed by atoms with van der Waals surface area (Å²) in [7, 11) is 1.34. The molecule has 0 N–H and O–H groups in total. The maximum Gasteiger partial charge on any atom is 0.310 e. The lowest BCUT2D eigenvalue weighted by molar-refractivity contribution is -0.146. The summed E-state index contributed by atoms with van der Waals surface area (Å²) in [5, 5.41) is 0. The fourth-order valence-electron chi connectivity index (χ4n) is 1.50. The van der Waals surface area contributed by atoms with E-state index in [1.807, 2.05) is 0 Å². The summed E-state index contributed by atoms with van der Waals surface area (Å²) in [5.74, 6) is -0.0797. The number of nitrogens with zero attached hydrogens (tertiary/aromatic N) is 1. The quantitative estimate of drug-likeness (QED) is 0.729. The number of hydrogen-bond donors (Lipinski definition) is 0. The van der Waals surface area contributed by atoms with Gasteiger partial charge in [0, 0.05) is 13.5 Å². The largest absolute Gasteiger partial charge is 0.469 e. The van der Waals surface area contributed by atoms with Crippen molar-refractivity contribution in [1.82, 2.24) is 4.90 Å². The van der Waals surface area contributed by atoms with Gasteiger partial charge in [-0.2, -0.15) is 0 Å². The van der Waals surface area contributed by atoms with Crippen LogP contribution in [0, 0.1) is 5.92 Å². The van der Waals surface area contributed by atoms with Crippen LogP contribution in [0.2, 0.25) is 0 Å². The van der Waals surface area contributed by atoms with Crippen molar-refractivity contribution in [3.63, 3.8) is 0 Å². The Morgan fingerprint density at radius 3 is 2.71 bits per heavy atom. The molecule has 0 aliphatic heterocycles. The molecule has 1 rings (SSSR count). The third kappa shape index (κ3) is 3.94. The average molecular weight is 239 g/mol. The highest BCUT2D eigenvalue weighted by Gasteiger charge is 2.20. The van der Waals surface area contributed by atoms with E-state index in [0.717, 1.165) is 0 Å². The van der Waals surface area contributed by atoms with E-state index in [9.17, 15) is 9.59 Å². The van der Waals surface area contributed by atoms with E-state index in [0.29, 0.717) is 18.8 Å². The lowest BCUT2D eigenvalue weighted by Gasteiger charge is -2.22. The maximum absolute atomic E-state index is 11.4. The Morgan fingerprint density at radius 2 is 2.24 bits per heavy atom. The van der Waals surface area contributed by atoms with Gasteiger partial charge in [-0.05, 0) is 12.1 Å². The summed E-state index contributed by atoms with van der Waals surface area (Å²) < 4.78 is 9.80. The van der Waals surface area contributed by atoms with E-state index in [2.05, 4.69) is 4.74 Å². The molecule has 0 bridgehead atoms. The standard InChI is InChI=1S/C12H17NO4/c1-9(12(15)16-3)7-13(10(2)14)8-11-5-4-6-17-11/h4-6,9H,7-8H2,1-3H3. The lowest BCUT2D eigenvalue weighted by atomic mass is 10.1. The van der Waals surface area contributed by atoms with E-state index < -0.39 is 0 Å². The fourth-order valence-corrected chi connectivity index (χ4v) is 1.50. The molecule has 1 heterocycles. The highest BCUT2D eigenvalue weighted by Crippen LogP contribution is 2.09. The Morgan fingerprint density at radius 1 is 1.53 bits per heavy atom. The number of carbonyl (C=O) groups excluding carboxylic acids is 2. The summed E-state index contributed by atoms with van der Waals surface area (Å²) in [4.78, 5) is 24.3. The van der Waals surface area contributed by atoms with Gasteiger partial charge in [0.1, 0.15) is 5.76 Å². The number of esters is 1. The summed E-state index contributed by atoms with van der Waals surface area (Å²) in [6.07, 6.45) is 1.55. The number of hydrogen-bond acceptors (Lipinski definition) is 4. The molecule has 0 aliphatic carbocycles. The topological polar surface area (TPSA) is 59.8 Å². The Balaban J connectivity index is 2.61. The molecule has 0 aliphatic rings. The minimum atomic E-state index is -0.348. The van der Waals surface area contributed by atoms with Crippen LogP contribution in [0.1, 0.15) is 19.6 Å². The first-order valence-corrected chi connectivity index (χ1v) is 5.40. The molecule has 94 valence electrons. The van der Waals surface area contributed by atoms with Gasteiger partial charge in [-0.25, -0.2) is 0 Å². The van der Waals surface area contributed by atoms with Gasteiger partial charge >= 0.3 is 5.97 Å². The maximum atomic E-state index is 11.4. The van der Waals surface area contributed by atoms with Gasteiger partial charge in [-0.1, -0.05) is 6.92 Å². The Bertz CT molecular complexity index is 372. The first kappa shape index (κ1) is 13.3. The zero-order valence-corrected chi connectivity index (χ0v) is 10.3. The van der Waals surface area contributed by atoms with Crippen LogP contribution in [0.3, 0.4) is 0 Å². The number of methoxy groups -OCH3 is 1. The molecule has 1 atom stereocenters. The molecule has 1 unspecified atom stereocenters. The molecule has 0 radical (unpaired) electrons. The Hall–Kier alpha value is -1.78. The minimum Gasteiger partial charge on any atom is -0.469 e. The van der Waals surface area contributed by atoms with Gasteiger partial charge in [0.2, 0.25) is 5.91 Å². The van der Waals surface area contributed by atoms with Crippen molar-refractivity contribution in [1.29, 1.82) is 0 Å². The zero-order valence-electron chi connectivity index (χ0n) is 10.3. The highest BCUT2D eigenvalue weighted by molar-refractivity contribution is 5.76. The van der Waals surface area contributed by atoms with Crippen molar-refractivity contribution < 1.29 is 18.7 Å². The fraction of sp³-hybridized carbons (Fsp3) is 0.500. The summed E-state index contributed by atoms with van der Waals surface area (Å²) in [6.45, 7) is 3.88. The minimum absolute atomic E-state index is 0.0999. The SMILES string of the molecule is COC(=O)C(C)CN(Cc1ccco1)C(C)=O. The summed E-state index contributed by atoms with van der Waals surface area (Å²) in [6, 6.07) is 3.55. The average Bonchev–Trinajstić information content (AvgIpc) is 2.79. The number of amides is 1. The van der Waals surface area contributed by atoms with Crippen molar-refractivity contribution in [3.8, 4) is 0 Å². The van der Waals surface area contributed by atoms with E-state index >= 15 is 0 Å². The number of carbonyl (C=O) groups is 2. The summed E-state index contributed by atoms with van der Waals surface area (Å²) >= 11 is 0. The second-order valence-corrected chi connectivity index (χ2v) is 3.90. The molecule has 1 aromatic rings. The lowest BCUT2D eigenvalue weighted by Crippen LogP contribution is -2.35. The normalized spacial score (nSPS) is 11.9. The van der Waals surface area contributed by atoms with Crippen molar-refractivity contribution >= 4 is 11.9 Å². The Kier molecular flexibility index (Phi) is 4.75. The molecular formula is C12H17NO4. The van der Waals surface area contributed by atoms with Gasteiger partial charge in [0.25, 0.3) is 0 Å². The second-order valence-electron chi connectivity index (χ2n) is 3.90. The predicted molar refractivity (Wildman–Crippen MR) is 61.0 cm³/mol. The Labute approximate surface area is 100 Å². The van der Waals surface area contributed by atoms with Crippen LogP contribution in [0.25, 0.3) is 0 Å². The van der Waals surface area contributed by atoms with Crippen LogP contribution in [-0.2, 0) is 20.9 Å². The second kappa shape index (κ2) is 6.08. The van der Waals surface area contributed by atoms with Gasteiger partial charge < -0.3 is 14.1 Å². The van der Waals surface area contributed by atoms with E-state index in [-0.39, 0.29) is 17.8 Å². The molecule has 0 aromatic carbocycles. The van der Waals surface area contributed by atoms with Crippen LogP contribution in [-0.4, -0.2) is 30.4 Å². The van der Waals surface area contributed by atoms with E-state index in [1.165, 1.54) is 14.0 Å². The smallest absolute Gasteiger partial charge is 0.310 e. The van der Waals surface area contributed by atoms with Gasteiger partial charge in [0.15, 0.2) is 0 Å². The van der Waals surface area contributed by atoms with Crippen LogP contribution >= 0.6 is 0 Å². The number of rotatable bonds is 5. The van der Waals surface area contributed by atoms with Crippen LogP contribution in [0.4, 0.5) is 0 Å². The zero-order chi connectivity index (χ0) is 12.8. The number of ether oxygens (including phenoxy) is 1. The first-order chi connectivity index (χ1) is 8.04. The molecule has 0 fully saturated rings. The van der Waals surface area contributed by atoms with Crippen LogP contribution < -0.4 is 0 Å². The molecule has 0 saturated carbocycles. The third-order valence-electron chi connectivity index (χ3n) is 2.47. The van der Waals surface area contributed by atoms with Gasteiger partial charge in [-0.15, -0.1) is 0 Å². The highest BCUT2D eigenvalue weighted by atomic mass is 16.5. The van der Waals surface area contributed by atoms with Gasteiger partial charge in [0.05, 0.1) is 25.8 Å². The molecule has 5 nitrogen and oxygen atoms in total.